The average Bonchev–Trinajstić information content (AvgIpc) is 2.91. The van der Waals surface area contributed by atoms with E-state index < -0.39 is 0 Å². The van der Waals surface area contributed by atoms with Gasteiger partial charge in [-0.3, -0.25) is 9.59 Å². The Morgan fingerprint density at radius 2 is 1.77 bits per heavy atom. The van der Waals surface area contributed by atoms with E-state index in [0.717, 1.165) is 41.9 Å². The zero-order valence-electron chi connectivity index (χ0n) is 15.8. The van der Waals surface area contributed by atoms with Gasteiger partial charge >= 0.3 is 0 Å². The summed E-state index contributed by atoms with van der Waals surface area (Å²) in [7, 11) is 0. The fourth-order valence-electron chi connectivity index (χ4n) is 2.88. The zero-order chi connectivity index (χ0) is 18.9. The maximum absolute atomic E-state index is 12.0. The van der Waals surface area contributed by atoms with E-state index in [1.54, 1.807) is 0 Å². The number of rotatable bonds is 9. The molecule has 0 saturated carbocycles. The average molecular weight is 356 g/mol. The Morgan fingerprint density at radius 1 is 1.04 bits per heavy atom. The van der Waals surface area contributed by atoms with Crippen LogP contribution in [0.15, 0.2) is 30.3 Å². The fraction of sp³-hybridized carbons (Fsp3) is 0.450. The Morgan fingerprint density at radius 3 is 2.46 bits per heavy atom. The molecule has 2 aromatic rings. The third-order valence-electron chi connectivity index (χ3n) is 4.36. The van der Waals surface area contributed by atoms with Crippen molar-refractivity contribution < 1.29 is 9.59 Å². The number of unbranched alkanes of at least 4 members (excludes halogenated alkanes) is 2. The van der Waals surface area contributed by atoms with Crippen LogP contribution >= 0.6 is 0 Å². The van der Waals surface area contributed by atoms with Crippen molar-refractivity contribution in [1.82, 2.24) is 20.4 Å². The highest BCUT2D eigenvalue weighted by molar-refractivity contribution is 5.75. The van der Waals surface area contributed by atoms with Gasteiger partial charge in [-0.2, -0.15) is 5.10 Å². The number of carbonyl (C=O) groups excluding carboxylic acids is 2. The summed E-state index contributed by atoms with van der Waals surface area (Å²) in [4.78, 5) is 22.8. The lowest BCUT2D eigenvalue weighted by Crippen LogP contribution is -2.23. The minimum atomic E-state index is -0.00969. The Hall–Kier alpha value is -2.63. The zero-order valence-corrected chi connectivity index (χ0v) is 15.8. The van der Waals surface area contributed by atoms with Gasteiger partial charge in [0.05, 0.1) is 11.4 Å². The van der Waals surface area contributed by atoms with E-state index in [9.17, 15) is 9.59 Å². The van der Waals surface area contributed by atoms with Crippen LogP contribution in [0.4, 0.5) is 0 Å². The second-order valence-corrected chi connectivity index (χ2v) is 6.47. The second-order valence-electron chi connectivity index (χ2n) is 6.47. The lowest BCUT2D eigenvalue weighted by molar-refractivity contribution is -0.121. The first kappa shape index (κ1) is 19.7. The molecule has 1 heterocycles. The van der Waals surface area contributed by atoms with Gasteiger partial charge in [-0.15, -0.1) is 0 Å². The third-order valence-corrected chi connectivity index (χ3v) is 4.36. The molecule has 0 bridgehead atoms. The molecule has 2 amide bonds. The molecular weight excluding hydrogens is 328 g/mol. The van der Waals surface area contributed by atoms with E-state index in [-0.39, 0.29) is 11.8 Å². The molecule has 1 aromatic carbocycles. The summed E-state index contributed by atoms with van der Waals surface area (Å²) >= 11 is 0. The van der Waals surface area contributed by atoms with Gasteiger partial charge in [-0.05, 0) is 38.8 Å². The number of nitrogens with zero attached hydrogens (tertiary/aromatic N) is 2. The van der Waals surface area contributed by atoms with Gasteiger partial charge in [-0.25, -0.2) is 4.68 Å². The monoisotopic (exact) mass is 356 g/mol. The number of amides is 2. The smallest absolute Gasteiger partial charge is 0.220 e. The lowest BCUT2D eigenvalue weighted by Gasteiger charge is -2.07. The molecule has 6 heteroatoms. The van der Waals surface area contributed by atoms with E-state index in [1.807, 2.05) is 48.9 Å². The summed E-state index contributed by atoms with van der Waals surface area (Å²) in [5, 5.41) is 10.4. The molecule has 0 radical (unpaired) electrons. The van der Waals surface area contributed by atoms with Gasteiger partial charge in [0.25, 0.3) is 0 Å². The lowest BCUT2D eigenvalue weighted by atomic mass is 10.1. The number of para-hydroxylation sites is 1. The first-order valence-corrected chi connectivity index (χ1v) is 9.10. The van der Waals surface area contributed by atoms with Crippen molar-refractivity contribution in [2.45, 2.75) is 53.0 Å². The predicted molar refractivity (Wildman–Crippen MR) is 102 cm³/mol. The van der Waals surface area contributed by atoms with Crippen LogP contribution in [-0.4, -0.2) is 28.1 Å². The maximum Gasteiger partial charge on any atom is 0.220 e. The Bertz CT molecular complexity index is 738. The molecule has 0 aliphatic heterocycles. The van der Waals surface area contributed by atoms with Crippen molar-refractivity contribution in [3.8, 4) is 5.69 Å². The quantitative estimate of drug-likeness (QED) is 0.678. The summed E-state index contributed by atoms with van der Waals surface area (Å²) in [6, 6.07) is 9.98. The van der Waals surface area contributed by atoms with Crippen molar-refractivity contribution in [3.05, 3.63) is 47.3 Å². The summed E-state index contributed by atoms with van der Waals surface area (Å²) < 4.78 is 1.92. The van der Waals surface area contributed by atoms with E-state index in [1.165, 1.54) is 6.92 Å². The molecule has 0 aliphatic rings. The normalized spacial score (nSPS) is 10.6. The topological polar surface area (TPSA) is 76.0 Å². The first-order valence-electron chi connectivity index (χ1n) is 9.10. The van der Waals surface area contributed by atoms with Crippen LogP contribution in [0.3, 0.4) is 0 Å². The number of benzene rings is 1. The van der Waals surface area contributed by atoms with Crippen LogP contribution in [0, 0.1) is 13.8 Å². The van der Waals surface area contributed by atoms with E-state index in [4.69, 9.17) is 0 Å². The van der Waals surface area contributed by atoms with Crippen molar-refractivity contribution in [3.63, 3.8) is 0 Å². The van der Waals surface area contributed by atoms with Gasteiger partial charge in [0.1, 0.15) is 0 Å². The third kappa shape index (κ3) is 5.72. The summed E-state index contributed by atoms with van der Waals surface area (Å²) in [5.74, 6) is 0.0420. The van der Waals surface area contributed by atoms with Crippen molar-refractivity contribution in [1.29, 1.82) is 0 Å². The van der Waals surface area contributed by atoms with Gasteiger partial charge in [0.15, 0.2) is 0 Å². The van der Waals surface area contributed by atoms with Crippen molar-refractivity contribution in [2.24, 2.45) is 0 Å². The Balaban J connectivity index is 1.79. The fourth-order valence-corrected chi connectivity index (χ4v) is 2.88. The molecular formula is C20H28N4O2. The van der Waals surface area contributed by atoms with Gasteiger partial charge in [0.2, 0.25) is 11.8 Å². The number of hydrogen-bond acceptors (Lipinski definition) is 3. The largest absolute Gasteiger partial charge is 0.356 e. The Labute approximate surface area is 155 Å². The molecule has 2 rings (SSSR count). The summed E-state index contributed by atoms with van der Waals surface area (Å²) in [5.41, 5.74) is 4.06. The highest BCUT2D eigenvalue weighted by atomic mass is 16.2. The second kappa shape index (κ2) is 9.75. The van der Waals surface area contributed by atoms with Crippen LogP contribution in [0.1, 0.15) is 49.6 Å². The molecule has 0 unspecified atom stereocenters. The number of aromatic nitrogens is 2. The molecule has 6 nitrogen and oxygen atoms in total. The van der Waals surface area contributed by atoms with Crippen molar-refractivity contribution in [2.75, 3.05) is 6.54 Å². The molecule has 2 N–H and O–H groups in total. The molecule has 0 fully saturated rings. The van der Waals surface area contributed by atoms with E-state index in [0.29, 0.717) is 19.5 Å². The number of hydrogen-bond donors (Lipinski definition) is 2. The molecule has 0 saturated heterocycles. The summed E-state index contributed by atoms with van der Waals surface area (Å²) in [6.45, 7) is 6.67. The minimum Gasteiger partial charge on any atom is -0.356 e. The highest BCUT2D eigenvalue weighted by Gasteiger charge is 2.13. The van der Waals surface area contributed by atoms with E-state index >= 15 is 0 Å². The van der Waals surface area contributed by atoms with Crippen LogP contribution < -0.4 is 10.6 Å². The Kier molecular flexibility index (Phi) is 7.38. The number of carbonyl (C=O) groups is 2. The molecule has 0 aliphatic carbocycles. The number of aryl methyl sites for hydroxylation is 1. The molecule has 0 atom stereocenters. The first-order chi connectivity index (χ1) is 12.5. The van der Waals surface area contributed by atoms with Crippen LogP contribution in [0.25, 0.3) is 5.69 Å². The maximum atomic E-state index is 12.0. The van der Waals surface area contributed by atoms with Gasteiger partial charge in [0, 0.05) is 37.7 Å². The van der Waals surface area contributed by atoms with Gasteiger partial charge in [-0.1, -0.05) is 24.6 Å². The van der Waals surface area contributed by atoms with Crippen LogP contribution in [-0.2, 0) is 16.1 Å². The van der Waals surface area contributed by atoms with Crippen LogP contribution in [0.2, 0.25) is 0 Å². The van der Waals surface area contributed by atoms with Crippen molar-refractivity contribution >= 4 is 11.8 Å². The molecule has 26 heavy (non-hydrogen) atoms. The molecule has 0 spiro atoms. The molecule has 140 valence electrons. The predicted octanol–water partition coefficient (Wildman–Crippen LogP) is 2.80. The minimum absolute atomic E-state index is 0.00969. The summed E-state index contributed by atoms with van der Waals surface area (Å²) in [6.07, 6.45) is 3.16. The van der Waals surface area contributed by atoms with Crippen LogP contribution in [0.5, 0.6) is 0 Å². The van der Waals surface area contributed by atoms with Gasteiger partial charge < -0.3 is 10.6 Å². The number of nitrogens with one attached hydrogen (secondary N) is 2. The highest BCUT2D eigenvalue weighted by Crippen LogP contribution is 2.17. The SMILES string of the molecule is CC(=O)NCCCCCC(=O)NCc1c(C)nn(-c2ccccc2)c1C. The molecule has 1 aromatic heterocycles. The van der Waals surface area contributed by atoms with E-state index in [2.05, 4.69) is 15.7 Å². The standard InChI is InChI=1S/C20H28N4O2/c1-15-19(16(2)24(23-15)18-10-6-4-7-11-18)14-22-20(26)12-8-5-9-13-21-17(3)25/h4,6-7,10-11H,5,8-9,12-14H2,1-3H3,(H,21,25)(H,22,26).